The summed E-state index contributed by atoms with van der Waals surface area (Å²) in [4.78, 5) is 0. The summed E-state index contributed by atoms with van der Waals surface area (Å²) in [6.07, 6.45) is 0. The van der Waals surface area contributed by atoms with Crippen LogP contribution in [0.15, 0.2) is 229 Å². The Morgan fingerprint density at radius 3 is 1.72 bits per heavy atom. The summed E-state index contributed by atoms with van der Waals surface area (Å²) in [7, 11) is 0. The van der Waals surface area contributed by atoms with E-state index in [2.05, 4.69) is 243 Å². The second-order valence-electron chi connectivity index (χ2n) is 17.8. The van der Waals surface area contributed by atoms with Crippen LogP contribution >= 0.6 is 0 Å². The summed E-state index contributed by atoms with van der Waals surface area (Å²) < 4.78 is 9.38. The lowest BCUT2D eigenvalue weighted by Crippen LogP contribution is -2.28. The molecule has 0 spiro atoms. The molecule has 10 aromatic carbocycles. The number of para-hydroxylation sites is 3. The Morgan fingerprint density at radius 1 is 0.354 bits per heavy atom. The third-order valence-electron chi connectivity index (χ3n) is 14.0. The topological polar surface area (TPSA) is 18.1 Å². The maximum atomic E-state index is 6.96. The Hall–Kier alpha value is -8.20. The molecule has 306 valence electrons. The fourth-order valence-electron chi connectivity index (χ4n) is 11.1. The average Bonchev–Trinajstić information content (AvgIpc) is 4.00. The molecule has 13 rings (SSSR count). The van der Waals surface area contributed by atoms with Gasteiger partial charge in [0.2, 0.25) is 0 Å². The third-order valence-corrected chi connectivity index (χ3v) is 14.0. The number of aromatic nitrogens is 1. The lowest BCUT2D eigenvalue weighted by molar-refractivity contribution is 0.670. The van der Waals surface area contributed by atoms with Crippen molar-refractivity contribution in [2.45, 2.75) is 19.3 Å². The van der Waals surface area contributed by atoms with Crippen LogP contribution in [0, 0.1) is 13.8 Å². The van der Waals surface area contributed by atoms with E-state index in [0.29, 0.717) is 0 Å². The number of nitrogens with zero attached hydrogens (tertiary/aromatic N) is 1. The van der Waals surface area contributed by atoms with E-state index in [1.54, 1.807) is 0 Å². The van der Waals surface area contributed by atoms with E-state index < -0.39 is 5.41 Å². The first kappa shape index (κ1) is 37.4. The number of benzene rings is 10. The van der Waals surface area contributed by atoms with Gasteiger partial charge in [0.05, 0.1) is 22.1 Å². The molecule has 2 aromatic heterocycles. The maximum absolute atomic E-state index is 6.96. The number of fused-ring (bicyclic) bond motifs is 9. The quantitative estimate of drug-likeness (QED) is 0.163. The SMILES string of the molecule is Cc1ccc2c(c1)C(c1ccccc1)(c1ccc(-c3cccc4c3oc3cc(-c5ccccc5-n5c6ccccc6c6cc(-c7ccccc7)ccc65)ccc34)cc1)c1cc(C)ccc1-2. The first-order chi connectivity index (χ1) is 32.0. The first-order valence-corrected chi connectivity index (χ1v) is 22.6. The van der Waals surface area contributed by atoms with Gasteiger partial charge in [0, 0.05) is 32.7 Å². The molecule has 0 unspecified atom stereocenters. The van der Waals surface area contributed by atoms with Crippen molar-refractivity contribution in [1.82, 2.24) is 4.57 Å². The van der Waals surface area contributed by atoms with Gasteiger partial charge < -0.3 is 8.98 Å². The fourth-order valence-corrected chi connectivity index (χ4v) is 11.1. The minimum absolute atomic E-state index is 0.453. The molecule has 0 amide bonds. The van der Waals surface area contributed by atoms with Gasteiger partial charge in [-0.3, -0.25) is 0 Å². The highest BCUT2D eigenvalue weighted by molar-refractivity contribution is 6.12. The van der Waals surface area contributed by atoms with Gasteiger partial charge in [-0.1, -0.05) is 199 Å². The van der Waals surface area contributed by atoms with E-state index in [9.17, 15) is 0 Å². The molecule has 0 N–H and O–H groups in total. The molecule has 12 aromatic rings. The number of hydrogen-bond donors (Lipinski definition) is 0. The predicted octanol–water partition coefficient (Wildman–Crippen LogP) is 16.7. The molecule has 1 aliphatic rings. The summed E-state index contributed by atoms with van der Waals surface area (Å²) in [5.41, 5.74) is 22.1. The Labute approximate surface area is 378 Å². The van der Waals surface area contributed by atoms with Gasteiger partial charge >= 0.3 is 0 Å². The first-order valence-electron chi connectivity index (χ1n) is 22.6. The normalized spacial score (nSPS) is 12.9. The van der Waals surface area contributed by atoms with Gasteiger partial charge in [-0.05, 0) is 106 Å². The van der Waals surface area contributed by atoms with E-state index in [1.807, 2.05) is 0 Å². The van der Waals surface area contributed by atoms with Crippen LogP contribution in [-0.4, -0.2) is 4.57 Å². The highest BCUT2D eigenvalue weighted by atomic mass is 16.3. The van der Waals surface area contributed by atoms with Crippen LogP contribution in [0.2, 0.25) is 0 Å². The summed E-state index contributed by atoms with van der Waals surface area (Å²) >= 11 is 0. The molecular formula is C63H43NO. The maximum Gasteiger partial charge on any atom is 0.143 e. The van der Waals surface area contributed by atoms with E-state index in [0.717, 1.165) is 49.9 Å². The molecule has 0 bridgehead atoms. The Morgan fingerprint density at radius 2 is 0.954 bits per heavy atom. The largest absolute Gasteiger partial charge is 0.455 e. The fraction of sp³-hybridized carbons (Fsp3) is 0.0476. The molecule has 1 aliphatic carbocycles. The molecule has 0 atom stereocenters. The smallest absolute Gasteiger partial charge is 0.143 e. The van der Waals surface area contributed by atoms with Crippen molar-refractivity contribution in [1.29, 1.82) is 0 Å². The molecule has 0 saturated heterocycles. The molecule has 0 fully saturated rings. The van der Waals surface area contributed by atoms with E-state index >= 15 is 0 Å². The van der Waals surface area contributed by atoms with Crippen molar-refractivity contribution in [2.75, 3.05) is 0 Å². The van der Waals surface area contributed by atoms with Crippen LogP contribution in [0.1, 0.15) is 33.4 Å². The minimum Gasteiger partial charge on any atom is -0.455 e. The van der Waals surface area contributed by atoms with Crippen LogP contribution in [-0.2, 0) is 5.41 Å². The summed E-state index contributed by atoms with van der Waals surface area (Å²) in [6, 6.07) is 82.5. The molecule has 0 radical (unpaired) electrons. The van der Waals surface area contributed by atoms with Crippen molar-refractivity contribution < 1.29 is 4.42 Å². The highest BCUT2D eigenvalue weighted by Crippen LogP contribution is 2.57. The van der Waals surface area contributed by atoms with E-state index in [-0.39, 0.29) is 0 Å². The second kappa shape index (κ2) is 14.4. The molecular weight excluding hydrogens is 787 g/mol. The average molecular weight is 830 g/mol. The van der Waals surface area contributed by atoms with E-state index in [1.165, 1.54) is 77.4 Å². The van der Waals surface area contributed by atoms with Gasteiger partial charge in [0.25, 0.3) is 0 Å². The third kappa shape index (κ3) is 5.60. The van der Waals surface area contributed by atoms with Gasteiger partial charge in [0.1, 0.15) is 11.2 Å². The molecule has 65 heavy (non-hydrogen) atoms. The number of furan rings is 1. The van der Waals surface area contributed by atoms with Gasteiger partial charge in [0.15, 0.2) is 0 Å². The zero-order chi connectivity index (χ0) is 43.2. The van der Waals surface area contributed by atoms with Crippen molar-refractivity contribution in [2.24, 2.45) is 0 Å². The highest BCUT2D eigenvalue weighted by Gasteiger charge is 2.46. The monoisotopic (exact) mass is 829 g/mol. The molecule has 2 nitrogen and oxygen atoms in total. The zero-order valence-electron chi connectivity index (χ0n) is 36.2. The standard InChI is InChI=1S/C63H43NO/c1-40-24-32-50-51-33-25-41(2)37-57(51)63(56(50)36-40,46-16-7-4-8-17-46)47-30-26-43(27-31-47)49-20-13-21-54-53-34-28-45(39-61(53)65-62(49)54)48-18-9-11-22-58(48)64-59-23-12-10-19-52(59)55-38-44(29-35-60(55)64)42-14-5-3-6-15-42/h3-39H,1-2H3. The summed E-state index contributed by atoms with van der Waals surface area (Å²) in [5, 5.41) is 4.70. The number of aryl methyl sites for hydroxylation is 2. The Kier molecular flexibility index (Phi) is 8.29. The van der Waals surface area contributed by atoms with Crippen molar-refractivity contribution in [3.63, 3.8) is 0 Å². The Bertz CT molecular complexity index is 3780. The van der Waals surface area contributed by atoms with Crippen molar-refractivity contribution >= 4 is 43.7 Å². The summed E-state index contributed by atoms with van der Waals surface area (Å²) in [6.45, 7) is 4.41. The van der Waals surface area contributed by atoms with Gasteiger partial charge in [-0.25, -0.2) is 0 Å². The van der Waals surface area contributed by atoms with Crippen molar-refractivity contribution in [3.8, 4) is 50.2 Å². The number of hydrogen-bond acceptors (Lipinski definition) is 1. The van der Waals surface area contributed by atoms with E-state index in [4.69, 9.17) is 4.42 Å². The van der Waals surface area contributed by atoms with Crippen LogP contribution in [0.4, 0.5) is 0 Å². The van der Waals surface area contributed by atoms with Gasteiger partial charge in [-0.15, -0.1) is 0 Å². The lowest BCUT2D eigenvalue weighted by atomic mass is 9.67. The van der Waals surface area contributed by atoms with Crippen LogP contribution in [0.5, 0.6) is 0 Å². The zero-order valence-corrected chi connectivity index (χ0v) is 36.2. The number of rotatable bonds is 6. The second-order valence-corrected chi connectivity index (χ2v) is 17.8. The van der Waals surface area contributed by atoms with Crippen LogP contribution < -0.4 is 0 Å². The molecule has 0 aliphatic heterocycles. The van der Waals surface area contributed by atoms with Crippen LogP contribution in [0.25, 0.3) is 93.9 Å². The lowest BCUT2D eigenvalue weighted by Gasteiger charge is -2.34. The predicted molar refractivity (Wildman–Crippen MR) is 271 cm³/mol. The molecule has 2 heterocycles. The molecule has 2 heteroatoms. The minimum atomic E-state index is -0.453. The van der Waals surface area contributed by atoms with Crippen molar-refractivity contribution in [3.05, 3.63) is 258 Å². The molecule has 0 saturated carbocycles. The Balaban J connectivity index is 0.927. The van der Waals surface area contributed by atoms with Crippen LogP contribution in [0.3, 0.4) is 0 Å². The summed E-state index contributed by atoms with van der Waals surface area (Å²) in [5.74, 6) is 0. The van der Waals surface area contributed by atoms with Gasteiger partial charge in [-0.2, -0.15) is 0 Å².